The summed E-state index contributed by atoms with van der Waals surface area (Å²) >= 11 is 0. The van der Waals surface area contributed by atoms with Crippen LogP contribution in [0.2, 0.25) is 0 Å². The van der Waals surface area contributed by atoms with Crippen LogP contribution in [0.15, 0.2) is 12.1 Å². The van der Waals surface area contributed by atoms with Crippen molar-refractivity contribution in [2.45, 2.75) is 31.5 Å². The second-order valence-electron chi connectivity index (χ2n) is 4.67. The van der Waals surface area contributed by atoms with Gasteiger partial charge in [-0.15, -0.1) is 0 Å². The average Bonchev–Trinajstić information content (AvgIpc) is 2.65. The van der Waals surface area contributed by atoms with E-state index in [1.54, 1.807) is 6.07 Å². The number of hydrogen-bond donors (Lipinski definition) is 1. The molecule has 0 atom stereocenters. The Morgan fingerprint density at radius 3 is 2.59 bits per heavy atom. The summed E-state index contributed by atoms with van der Waals surface area (Å²) in [6.07, 6.45) is 2.69. The molecule has 1 heterocycles. The Balaban J connectivity index is 1.92. The number of ether oxygens (including phenoxy) is 2. The molecule has 0 amide bonds. The van der Waals surface area contributed by atoms with Gasteiger partial charge in [0.2, 0.25) is 0 Å². The molecule has 1 aliphatic heterocycles. The quantitative estimate of drug-likeness (QED) is 0.752. The lowest BCUT2D eigenvalue weighted by Crippen LogP contribution is -2.30. The van der Waals surface area contributed by atoms with Crippen molar-refractivity contribution in [3.05, 3.63) is 29.1 Å². The zero-order chi connectivity index (χ0) is 11.9. The largest absolute Gasteiger partial charge is 0.508 e. The van der Waals surface area contributed by atoms with Crippen LogP contribution in [-0.4, -0.2) is 24.1 Å². The van der Waals surface area contributed by atoms with Crippen LogP contribution < -0.4 is 0 Å². The van der Waals surface area contributed by atoms with Crippen LogP contribution in [0.25, 0.3) is 0 Å². The Kier molecular flexibility index (Phi) is 2.56. The van der Waals surface area contributed by atoms with Gasteiger partial charge in [-0.05, 0) is 30.0 Å². The molecule has 0 saturated carbocycles. The van der Waals surface area contributed by atoms with Gasteiger partial charge in [0.15, 0.2) is 5.79 Å². The van der Waals surface area contributed by atoms with Crippen molar-refractivity contribution in [1.29, 1.82) is 0 Å². The summed E-state index contributed by atoms with van der Waals surface area (Å²) in [5, 5.41) is 9.42. The van der Waals surface area contributed by atoms with E-state index in [9.17, 15) is 9.50 Å². The standard InChI is InChI=1S/C13H15FO3/c14-12-8-10(15)7-9-1-3-13(4-2-11(9)12)16-5-6-17-13/h7-8,15H,1-6H2. The highest BCUT2D eigenvalue weighted by atomic mass is 19.1. The molecule has 1 aliphatic carbocycles. The fourth-order valence-electron chi connectivity index (χ4n) is 2.73. The van der Waals surface area contributed by atoms with Gasteiger partial charge in [0.1, 0.15) is 11.6 Å². The number of rotatable bonds is 0. The normalized spacial score (nSPS) is 22.4. The van der Waals surface area contributed by atoms with Gasteiger partial charge in [0.25, 0.3) is 0 Å². The monoisotopic (exact) mass is 238 g/mol. The predicted molar refractivity (Wildman–Crippen MR) is 59.3 cm³/mol. The highest BCUT2D eigenvalue weighted by Gasteiger charge is 2.38. The molecule has 3 nitrogen and oxygen atoms in total. The van der Waals surface area contributed by atoms with Gasteiger partial charge in [-0.1, -0.05) is 0 Å². The van der Waals surface area contributed by atoms with E-state index in [1.165, 1.54) is 6.07 Å². The zero-order valence-electron chi connectivity index (χ0n) is 9.54. The minimum atomic E-state index is -0.527. The van der Waals surface area contributed by atoms with E-state index < -0.39 is 5.79 Å². The lowest BCUT2D eigenvalue weighted by molar-refractivity contribution is -0.164. The van der Waals surface area contributed by atoms with Crippen molar-refractivity contribution in [1.82, 2.24) is 0 Å². The van der Waals surface area contributed by atoms with Gasteiger partial charge in [0.05, 0.1) is 13.2 Å². The number of fused-ring (bicyclic) bond motifs is 1. The molecule has 4 heteroatoms. The van der Waals surface area contributed by atoms with Crippen molar-refractivity contribution >= 4 is 0 Å². The van der Waals surface area contributed by atoms with E-state index in [-0.39, 0.29) is 11.6 Å². The van der Waals surface area contributed by atoms with Crippen LogP contribution in [0.1, 0.15) is 24.0 Å². The average molecular weight is 238 g/mol. The summed E-state index contributed by atoms with van der Waals surface area (Å²) in [7, 11) is 0. The second-order valence-corrected chi connectivity index (χ2v) is 4.67. The molecule has 0 unspecified atom stereocenters. The number of phenols is 1. The van der Waals surface area contributed by atoms with Crippen LogP contribution >= 0.6 is 0 Å². The van der Waals surface area contributed by atoms with E-state index >= 15 is 0 Å². The third kappa shape index (κ3) is 1.91. The number of hydrogen-bond acceptors (Lipinski definition) is 3. The fraction of sp³-hybridized carbons (Fsp3) is 0.538. The number of aryl methyl sites for hydroxylation is 1. The predicted octanol–water partition coefficient (Wildman–Crippen LogP) is 2.15. The Labute approximate surface area is 99.2 Å². The topological polar surface area (TPSA) is 38.7 Å². The molecule has 0 radical (unpaired) electrons. The highest BCUT2D eigenvalue weighted by molar-refractivity contribution is 5.37. The Hall–Kier alpha value is -1.13. The minimum absolute atomic E-state index is 0.00883. The van der Waals surface area contributed by atoms with E-state index in [2.05, 4.69) is 0 Å². The maximum absolute atomic E-state index is 13.7. The molecule has 1 N–H and O–H groups in total. The first kappa shape index (κ1) is 11.0. The molecular formula is C13H15FO3. The fourth-order valence-corrected chi connectivity index (χ4v) is 2.73. The number of aromatic hydroxyl groups is 1. The van der Waals surface area contributed by atoms with E-state index in [4.69, 9.17) is 9.47 Å². The van der Waals surface area contributed by atoms with Crippen molar-refractivity contribution in [2.75, 3.05) is 13.2 Å². The molecule has 3 rings (SSSR count). The highest BCUT2D eigenvalue weighted by Crippen LogP contribution is 2.36. The van der Waals surface area contributed by atoms with Crippen LogP contribution in [0.4, 0.5) is 4.39 Å². The molecule has 0 bridgehead atoms. The Bertz CT molecular complexity index is 439. The van der Waals surface area contributed by atoms with Gasteiger partial charge >= 0.3 is 0 Å². The van der Waals surface area contributed by atoms with Crippen LogP contribution in [0.3, 0.4) is 0 Å². The summed E-state index contributed by atoms with van der Waals surface area (Å²) < 4.78 is 25.1. The first-order valence-corrected chi connectivity index (χ1v) is 5.97. The molecule has 0 aromatic heterocycles. The summed E-state index contributed by atoms with van der Waals surface area (Å²) in [4.78, 5) is 0. The lowest BCUT2D eigenvalue weighted by atomic mass is 10.0. The molecular weight excluding hydrogens is 223 g/mol. The number of benzene rings is 1. The van der Waals surface area contributed by atoms with Gasteiger partial charge < -0.3 is 14.6 Å². The summed E-state index contributed by atoms with van der Waals surface area (Å²) in [5.41, 5.74) is 1.57. The van der Waals surface area contributed by atoms with E-state index in [0.717, 1.165) is 12.0 Å². The number of phenolic OH excluding ortho intramolecular Hbond substituents is 1. The maximum atomic E-state index is 13.7. The first-order chi connectivity index (χ1) is 8.19. The molecule has 1 aromatic carbocycles. The van der Waals surface area contributed by atoms with Crippen molar-refractivity contribution in [3.63, 3.8) is 0 Å². The van der Waals surface area contributed by atoms with Crippen LogP contribution in [0.5, 0.6) is 5.75 Å². The molecule has 1 saturated heterocycles. The molecule has 1 spiro atoms. The number of halogens is 1. The molecule has 1 fully saturated rings. The van der Waals surface area contributed by atoms with Gasteiger partial charge in [-0.3, -0.25) is 0 Å². The SMILES string of the molecule is Oc1cc(F)c2c(c1)CCC1(CC2)OCCO1. The Morgan fingerprint density at radius 2 is 1.82 bits per heavy atom. The van der Waals surface area contributed by atoms with Gasteiger partial charge in [-0.2, -0.15) is 0 Å². The van der Waals surface area contributed by atoms with Crippen LogP contribution in [-0.2, 0) is 22.3 Å². The molecule has 1 aromatic rings. The minimum Gasteiger partial charge on any atom is -0.508 e. The van der Waals surface area contributed by atoms with Crippen molar-refractivity contribution in [3.8, 4) is 5.75 Å². The van der Waals surface area contributed by atoms with Crippen molar-refractivity contribution in [2.24, 2.45) is 0 Å². The molecule has 92 valence electrons. The van der Waals surface area contributed by atoms with Crippen LogP contribution in [0, 0.1) is 5.82 Å². The zero-order valence-corrected chi connectivity index (χ0v) is 9.54. The molecule has 17 heavy (non-hydrogen) atoms. The summed E-state index contributed by atoms with van der Waals surface area (Å²) in [6.45, 7) is 1.23. The first-order valence-electron chi connectivity index (χ1n) is 5.97. The van der Waals surface area contributed by atoms with E-state index in [0.29, 0.717) is 38.0 Å². The Morgan fingerprint density at radius 1 is 1.12 bits per heavy atom. The third-order valence-corrected chi connectivity index (χ3v) is 3.62. The smallest absolute Gasteiger partial charge is 0.169 e. The maximum Gasteiger partial charge on any atom is 0.169 e. The summed E-state index contributed by atoms with van der Waals surface area (Å²) in [5.74, 6) is -0.860. The van der Waals surface area contributed by atoms with Crippen molar-refractivity contribution < 1.29 is 19.0 Å². The van der Waals surface area contributed by atoms with E-state index in [1.807, 2.05) is 0 Å². The van der Waals surface area contributed by atoms with Gasteiger partial charge in [-0.25, -0.2) is 4.39 Å². The lowest BCUT2D eigenvalue weighted by Gasteiger charge is -2.25. The second kappa shape index (κ2) is 3.96. The molecule has 2 aliphatic rings. The third-order valence-electron chi connectivity index (χ3n) is 3.62. The van der Waals surface area contributed by atoms with Gasteiger partial charge in [0, 0.05) is 18.9 Å². The summed E-state index contributed by atoms with van der Waals surface area (Å²) in [6, 6.07) is 2.82.